The van der Waals surface area contributed by atoms with E-state index < -0.39 is 5.41 Å². The van der Waals surface area contributed by atoms with E-state index >= 15 is 0 Å². The van der Waals surface area contributed by atoms with Gasteiger partial charge in [0.05, 0.1) is 11.5 Å². The average Bonchev–Trinajstić information content (AvgIpc) is 2.98. The summed E-state index contributed by atoms with van der Waals surface area (Å²) in [5.41, 5.74) is 8.00. The Morgan fingerprint density at radius 2 is 2.38 bits per heavy atom. The Kier molecular flexibility index (Phi) is 2.78. The van der Waals surface area contributed by atoms with Gasteiger partial charge in [-0.15, -0.1) is 6.58 Å². The molecule has 2 rings (SSSR count). The molecule has 0 aromatic rings. The number of hydrogen-bond donors (Lipinski definition) is 0. The Morgan fingerprint density at radius 1 is 1.62 bits per heavy atom. The molecule has 86 valence electrons. The third-order valence-corrected chi connectivity index (χ3v) is 4.14. The molecule has 0 bridgehead atoms. The van der Waals surface area contributed by atoms with E-state index in [4.69, 9.17) is 10.3 Å². The van der Waals surface area contributed by atoms with Crippen LogP contribution in [-0.4, -0.2) is 30.0 Å². The monoisotopic (exact) mass is 220 g/mol. The quantitative estimate of drug-likeness (QED) is 0.312. The van der Waals surface area contributed by atoms with Gasteiger partial charge in [-0.05, 0) is 24.7 Å². The fourth-order valence-electron chi connectivity index (χ4n) is 3.49. The van der Waals surface area contributed by atoms with Gasteiger partial charge < -0.3 is 10.3 Å². The van der Waals surface area contributed by atoms with Gasteiger partial charge in [-0.3, -0.25) is 4.79 Å². The highest BCUT2D eigenvalue weighted by Crippen LogP contribution is 2.67. The Morgan fingerprint density at radius 3 is 2.94 bits per heavy atom. The smallest absolute Gasteiger partial charge is 0.323 e. The van der Waals surface area contributed by atoms with E-state index in [2.05, 4.69) is 11.4 Å². The van der Waals surface area contributed by atoms with E-state index in [1.165, 1.54) is 0 Å². The molecule has 2 aliphatic rings. The molecule has 0 unspecified atom stereocenters. The SMILES string of the molecule is C=C[C@H]1[C@@H]2CCC[C@H](OC)[C@]12C(=O)C=[N+]=[N-]. The number of fused-ring (bicyclic) bond motifs is 1. The van der Waals surface area contributed by atoms with Gasteiger partial charge in [-0.2, -0.15) is 4.79 Å². The van der Waals surface area contributed by atoms with E-state index in [9.17, 15) is 4.79 Å². The Balaban J connectivity index is 2.35. The zero-order valence-electron chi connectivity index (χ0n) is 9.43. The van der Waals surface area contributed by atoms with Crippen molar-refractivity contribution in [2.75, 3.05) is 7.11 Å². The summed E-state index contributed by atoms with van der Waals surface area (Å²) in [6.45, 7) is 3.79. The molecule has 0 spiro atoms. The molecule has 0 aliphatic heterocycles. The highest BCUT2D eigenvalue weighted by molar-refractivity contribution is 6.29. The first kappa shape index (κ1) is 11.2. The van der Waals surface area contributed by atoms with Crippen LogP contribution in [0.2, 0.25) is 0 Å². The molecule has 0 amide bonds. The molecule has 0 radical (unpaired) electrons. The van der Waals surface area contributed by atoms with Crippen LogP contribution in [0, 0.1) is 17.3 Å². The molecular weight excluding hydrogens is 204 g/mol. The molecule has 4 nitrogen and oxygen atoms in total. The van der Waals surface area contributed by atoms with Crippen LogP contribution in [0.5, 0.6) is 0 Å². The minimum atomic E-state index is -0.499. The molecule has 4 atom stereocenters. The zero-order chi connectivity index (χ0) is 11.8. The maximum Gasteiger partial charge on any atom is 0.323 e. The molecule has 0 saturated heterocycles. The molecule has 0 aromatic carbocycles. The van der Waals surface area contributed by atoms with Crippen LogP contribution in [0.3, 0.4) is 0 Å². The fourth-order valence-corrected chi connectivity index (χ4v) is 3.49. The second-order valence-corrected chi connectivity index (χ2v) is 4.57. The Labute approximate surface area is 94.9 Å². The number of ketones is 1. The van der Waals surface area contributed by atoms with Crippen molar-refractivity contribution in [3.05, 3.63) is 18.2 Å². The molecule has 0 N–H and O–H groups in total. The summed E-state index contributed by atoms with van der Waals surface area (Å²) >= 11 is 0. The van der Waals surface area contributed by atoms with Crippen LogP contribution < -0.4 is 0 Å². The maximum atomic E-state index is 12.1. The Bertz CT molecular complexity index is 373. The first-order chi connectivity index (χ1) is 7.73. The molecule has 16 heavy (non-hydrogen) atoms. The van der Waals surface area contributed by atoms with E-state index in [-0.39, 0.29) is 17.8 Å². The van der Waals surface area contributed by atoms with Gasteiger partial charge in [-0.1, -0.05) is 12.5 Å². The van der Waals surface area contributed by atoms with Crippen LogP contribution in [0.25, 0.3) is 5.53 Å². The highest BCUT2D eigenvalue weighted by Gasteiger charge is 2.72. The minimum absolute atomic E-state index is 0.0697. The van der Waals surface area contributed by atoms with E-state index in [1.54, 1.807) is 7.11 Å². The topological polar surface area (TPSA) is 62.7 Å². The largest absolute Gasteiger partial charge is 0.380 e. The van der Waals surface area contributed by atoms with E-state index in [0.29, 0.717) is 5.92 Å². The van der Waals surface area contributed by atoms with Crippen LogP contribution >= 0.6 is 0 Å². The van der Waals surface area contributed by atoms with Crippen molar-refractivity contribution in [3.63, 3.8) is 0 Å². The molecule has 2 fully saturated rings. The number of rotatable bonds is 4. The molecular formula is C12H16N2O2. The summed E-state index contributed by atoms with van der Waals surface area (Å²) < 4.78 is 5.44. The predicted octanol–water partition coefficient (Wildman–Crippen LogP) is 1.47. The molecule has 2 saturated carbocycles. The lowest BCUT2D eigenvalue weighted by Crippen LogP contribution is -2.38. The van der Waals surface area contributed by atoms with Gasteiger partial charge in [0.1, 0.15) is 0 Å². The lowest BCUT2D eigenvalue weighted by Gasteiger charge is -2.27. The fraction of sp³-hybridized carbons (Fsp3) is 0.667. The number of nitrogens with zero attached hydrogens (tertiary/aromatic N) is 2. The van der Waals surface area contributed by atoms with Gasteiger partial charge >= 0.3 is 6.21 Å². The number of carbonyl (C=O) groups is 1. The number of hydrogen-bond acceptors (Lipinski definition) is 2. The number of allylic oxidation sites excluding steroid dienone is 1. The summed E-state index contributed by atoms with van der Waals surface area (Å²) in [6, 6.07) is 0. The summed E-state index contributed by atoms with van der Waals surface area (Å²) in [4.78, 5) is 14.9. The minimum Gasteiger partial charge on any atom is -0.380 e. The average molecular weight is 220 g/mol. The summed E-state index contributed by atoms with van der Waals surface area (Å²) in [7, 11) is 1.64. The first-order valence-corrected chi connectivity index (χ1v) is 5.60. The normalized spacial score (nSPS) is 40.4. The number of carbonyl (C=O) groups excluding carboxylic acids is 1. The first-order valence-electron chi connectivity index (χ1n) is 5.60. The second-order valence-electron chi connectivity index (χ2n) is 4.57. The lowest BCUT2D eigenvalue weighted by atomic mass is 9.82. The third-order valence-electron chi connectivity index (χ3n) is 4.14. The van der Waals surface area contributed by atoms with E-state index in [0.717, 1.165) is 25.5 Å². The second kappa shape index (κ2) is 3.96. The number of ether oxygens (including phenoxy) is 1. The number of Topliss-reactive ketones (excluding diaryl/α,β-unsaturated/α-hetero) is 1. The number of methoxy groups -OCH3 is 1. The molecule has 4 heteroatoms. The lowest BCUT2D eigenvalue weighted by molar-refractivity contribution is -0.128. The van der Waals surface area contributed by atoms with Crippen molar-refractivity contribution in [2.24, 2.45) is 17.3 Å². The van der Waals surface area contributed by atoms with Gasteiger partial charge in [0.2, 0.25) is 5.78 Å². The van der Waals surface area contributed by atoms with Gasteiger partial charge in [0.15, 0.2) is 0 Å². The van der Waals surface area contributed by atoms with Crippen molar-refractivity contribution in [3.8, 4) is 0 Å². The van der Waals surface area contributed by atoms with Gasteiger partial charge in [0.25, 0.3) is 0 Å². The van der Waals surface area contributed by atoms with Crippen LogP contribution in [0.15, 0.2) is 12.7 Å². The van der Waals surface area contributed by atoms with Crippen LogP contribution in [0.1, 0.15) is 19.3 Å². The molecule has 0 aromatic heterocycles. The van der Waals surface area contributed by atoms with Crippen LogP contribution in [0.4, 0.5) is 0 Å². The molecule has 0 heterocycles. The van der Waals surface area contributed by atoms with Crippen molar-refractivity contribution < 1.29 is 14.3 Å². The van der Waals surface area contributed by atoms with E-state index in [1.807, 2.05) is 6.08 Å². The van der Waals surface area contributed by atoms with Gasteiger partial charge in [-0.25, -0.2) is 0 Å². The van der Waals surface area contributed by atoms with Crippen molar-refractivity contribution in [2.45, 2.75) is 25.4 Å². The van der Waals surface area contributed by atoms with Crippen molar-refractivity contribution >= 4 is 12.0 Å². The summed E-state index contributed by atoms with van der Waals surface area (Å²) in [6.07, 6.45) is 5.78. The standard InChI is InChI=1S/C12H16N2O2/c1-3-8-9-5-4-6-11(16-2)12(8,9)10(15)7-14-13/h3,7-9,11H,1,4-6H2,2H3/t8-,9-,11-,12+/m0/s1. The summed E-state index contributed by atoms with van der Waals surface area (Å²) in [5.74, 6) is 0.358. The highest BCUT2D eigenvalue weighted by atomic mass is 16.5. The van der Waals surface area contributed by atoms with Crippen molar-refractivity contribution in [1.82, 2.24) is 0 Å². The van der Waals surface area contributed by atoms with Gasteiger partial charge in [0, 0.05) is 7.11 Å². The Hall–Kier alpha value is -1.25. The maximum absolute atomic E-state index is 12.1. The van der Waals surface area contributed by atoms with Crippen LogP contribution in [-0.2, 0) is 9.53 Å². The zero-order valence-corrected chi connectivity index (χ0v) is 9.43. The molecule has 2 aliphatic carbocycles. The summed E-state index contributed by atoms with van der Waals surface area (Å²) in [5, 5.41) is 0. The predicted molar refractivity (Wildman–Crippen MR) is 58.9 cm³/mol. The third kappa shape index (κ3) is 1.24. The van der Waals surface area contributed by atoms with Crippen molar-refractivity contribution in [1.29, 1.82) is 0 Å².